The van der Waals surface area contributed by atoms with Gasteiger partial charge in [-0.25, -0.2) is 0 Å². The topological polar surface area (TPSA) is 55.6 Å². The summed E-state index contributed by atoms with van der Waals surface area (Å²) in [6.07, 6.45) is 0.849. The van der Waals surface area contributed by atoms with Crippen molar-refractivity contribution in [2.75, 3.05) is 7.05 Å². The van der Waals surface area contributed by atoms with Crippen molar-refractivity contribution in [3.05, 3.63) is 5.82 Å². The first-order valence-corrected chi connectivity index (χ1v) is 6.21. The predicted octanol–water partition coefficient (Wildman–Crippen LogP) is 1.02. The van der Waals surface area contributed by atoms with Gasteiger partial charge in [-0.15, -0.1) is 10.2 Å². The SMILES string of the molecule is CNC(Cc1nnn(C)n1)C1C(C)(C)C1(C)C. The van der Waals surface area contributed by atoms with E-state index < -0.39 is 0 Å². The molecule has 0 aromatic carbocycles. The highest BCUT2D eigenvalue weighted by Gasteiger charge is 2.66. The number of tetrazole rings is 1. The lowest BCUT2D eigenvalue weighted by atomic mass is 10.0. The molecule has 5 nitrogen and oxygen atoms in total. The van der Waals surface area contributed by atoms with Crippen LogP contribution >= 0.6 is 0 Å². The minimum absolute atomic E-state index is 0.378. The van der Waals surface area contributed by atoms with E-state index in [2.05, 4.69) is 48.4 Å². The van der Waals surface area contributed by atoms with Crippen LogP contribution in [0.15, 0.2) is 0 Å². The molecule has 0 bridgehead atoms. The highest BCUT2D eigenvalue weighted by Crippen LogP contribution is 2.69. The molecular formula is C12H23N5. The highest BCUT2D eigenvalue weighted by molar-refractivity contribution is 5.17. The zero-order valence-electron chi connectivity index (χ0n) is 11.7. The van der Waals surface area contributed by atoms with Gasteiger partial charge < -0.3 is 5.32 Å². The summed E-state index contributed by atoms with van der Waals surface area (Å²) in [5.41, 5.74) is 0.756. The Labute approximate surface area is 103 Å². The van der Waals surface area contributed by atoms with Gasteiger partial charge in [0.15, 0.2) is 5.82 Å². The van der Waals surface area contributed by atoms with Crippen molar-refractivity contribution in [1.82, 2.24) is 25.5 Å². The van der Waals surface area contributed by atoms with E-state index in [4.69, 9.17) is 0 Å². The molecule has 1 aliphatic rings. The summed E-state index contributed by atoms with van der Waals surface area (Å²) < 4.78 is 0. The Morgan fingerprint density at radius 1 is 1.29 bits per heavy atom. The van der Waals surface area contributed by atoms with Crippen LogP contribution in [0, 0.1) is 16.7 Å². The first-order chi connectivity index (χ1) is 7.80. The van der Waals surface area contributed by atoms with Crippen molar-refractivity contribution in [3.63, 3.8) is 0 Å². The number of rotatable bonds is 4. The molecule has 1 aliphatic carbocycles. The van der Waals surface area contributed by atoms with Crippen molar-refractivity contribution >= 4 is 0 Å². The quantitative estimate of drug-likeness (QED) is 0.849. The van der Waals surface area contributed by atoms with E-state index in [-0.39, 0.29) is 0 Å². The molecule has 1 N–H and O–H groups in total. The second kappa shape index (κ2) is 3.77. The highest BCUT2D eigenvalue weighted by atomic mass is 15.6. The molecule has 1 unspecified atom stereocenters. The van der Waals surface area contributed by atoms with Crippen molar-refractivity contribution in [3.8, 4) is 0 Å². The molecule has 1 atom stereocenters. The maximum atomic E-state index is 4.26. The van der Waals surface area contributed by atoms with Crippen LogP contribution in [0.4, 0.5) is 0 Å². The largest absolute Gasteiger partial charge is 0.316 e. The average Bonchev–Trinajstić information content (AvgIpc) is 2.55. The lowest BCUT2D eigenvalue weighted by Gasteiger charge is -2.16. The van der Waals surface area contributed by atoms with Crippen LogP contribution in [-0.4, -0.2) is 33.3 Å². The van der Waals surface area contributed by atoms with Gasteiger partial charge in [0.05, 0.1) is 7.05 Å². The fourth-order valence-corrected chi connectivity index (χ4v) is 3.24. The second-order valence-electron chi connectivity index (χ2n) is 6.22. The van der Waals surface area contributed by atoms with Crippen LogP contribution in [0.5, 0.6) is 0 Å². The van der Waals surface area contributed by atoms with Gasteiger partial charge in [0.2, 0.25) is 0 Å². The third-order valence-electron chi connectivity index (χ3n) is 4.86. The van der Waals surface area contributed by atoms with Gasteiger partial charge in [-0.3, -0.25) is 0 Å². The average molecular weight is 237 g/mol. The Morgan fingerprint density at radius 3 is 2.24 bits per heavy atom. The summed E-state index contributed by atoms with van der Waals surface area (Å²) in [6, 6.07) is 0.421. The normalized spacial score (nSPS) is 23.6. The Balaban J connectivity index is 2.09. The van der Waals surface area contributed by atoms with Gasteiger partial charge in [0.25, 0.3) is 0 Å². The number of likely N-dealkylation sites (N-methyl/N-ethyl adjacent to an activating group) is 1. The summed E-state index contributed by atoms with van der Waals surface area (Å²) >= 11 is 0. The van der Waals surface area contributed by atoms with Crippen molar-refractivity contribution in [2.24, 2.45) is 23.8 Å². The van der Waals surface area contributed by atoms with Crippen molar-refractivity contribution in [1.29, 1.82) is 0 Å². The van der Waals surface area contributed by atoms with E-state index in [1.165, 1.54) is 4.80 Å². The minimum atomic E-state index is 0.378. The van der Waals surface area contributed by atoms with E-state index in [1.54, 1.807) is 7.05 Å². The Bertz CT molecular complexity index is 393. The monoisotopic (exact) mass is 237 g/mol. The maximum absolute atomic E-state index is 4.26. The summed E-state index contributed by atoms with van der Waals surface area (Å²) in [4.78, 5) is 1.52. The van der Waals surface area contributed by atoms with Gasteiger partial charge in [0, 0.05) is 12.5 Å². The van der Waals surface area contributed by atoms with Crippen molar-refractivity contribution < 1.29 is 0 Å². The Morgan fingerprint density at radius 2 is 1.88 bits per heavy atom. The summed E-state index contributed by atoms with van der Waals surface area (Å²) in [6.45, 7) is 9.36. The number of hydrogen-bond donors (Lipinski definition) is 1. The van der Waals surface area contributed by atoms with Gasteiger partial charge in [-0.1, -0.05) is 27.7 Å². The Hall–Kier alpha value is -0.970. The van der Waals surface area contributed by atoms with E-state index in [9.17, 15) is 0 Å². The Kier molecular flexibility index (Phi) is 2.77. The van der Waals surface area contributed by atoms with E-state index in [1.807, 2.05) is 7.05 Å². The summed E-state index contributed by atoms with van der Waals surface area (Å²) in [5.74, 6) is 1.48. The second-order valence-corrected chi connectivity index (χ2v) is 6.22. The molecule has 1 saturated carbocycles. The first kappa shape index (κ1) is 12.5. The van der Waals surface area contributed by atoms with Crippen LogP contribution < -0.4 is 5.32 Å². The summed E-state index contributed by atoms with van der Waals surface area (Å²) in [7, 11) is 3.82. The molecule has 0 spiro atoms. The molecule has 1 aromatic rings. The number of hydrogen-bond acceptors (Lipinski definition) is 4. The molecule has 0 saturated heterocycles. The lowest BCUT2D eigenvalue weighted by Crippen LogP contribution is -2.32. The fourth-order valence-electron chi connectivity index (χ4n) is 3.24. The number of aromatic nitrogens is 4. The van der Waals surface area contributed by atoms with Gasteiger partial charge in [-0.2, -0.15) is 4.80 Å². The molecule has 0 radical (unpaired) electrons. The van der Waals surface area contributed by atoms with Crippen LogP contribution in [-0.2, 0) is 13.5 Å². The predicted molar refractivity (Wildman–Crippen MR) is 66.4 cm³/mol. The zero-order chi connectivity index (χ0) is 12.8. The molecule has 96 valence electrons. The molecule has 0 amide bonds. The molecule has 1 heterocycles. The third kappa shape index (κ3) is 1.86. The smallest absolute Gasteiger partial charge is 0.176 e. The molecule has 1 fully saturated rings. The first-order valence-electron chi connectivity index (χ1n) is 6.21. The number of nitrogens with one attached hydrogen (secondary N) is 1. The maximum Gasteiger partial charge on any atom is 0.176 e. The number of nitrogens with zero attached hydrogens (tertiary/aromatic N) is 4. The lowest BCUT2D eigenvalue weighted by molar-refractivity contribution is 0.414. The molecule has 1 aromatic heterocycles. The molecule has 5 heteroatoms. The molecule has 0 aliphatic heterocycles. The van der Waals surface area contributed by atoms with Gasteiger partial charge in [-0.05, 0) is 29.0 Å². The third-order valence-corrected chi connectivity index (χ3v) is 4.86. The zero-order valence-corrected chi connectivity index (χ0v) is 11.7. The molecule has 2 rings (SSSR count). The van der Waals surface area contributed by atoms with Gasteiger partial charge >= 0.3 is 0 Å². The van der Waals surface area contributed by atoms with Crippen LogP contribution in [0.2, 0.25) is 0 Å². The van der Waals surface area contributed by atoms with Crippen LogP contribution in [0.1, 0.15) is 33.5 Å². The van der Waals surface area contributed by atoms with E-state index in [0.29, 0.717) is 22.8 Å². The van der Waals surface area contributed by atoms with E-state index >= 15 is 0 Å². The van der Waals surface area contributed by atoms with Gasteiger partial charge in [0.1, 0.15) is 0 Å². The van der Waals surface area contributed by atoms with Crippen LogP contribution in [0.3, 0.4) is 0 Å². The molecular weight excluding hydrogens is 214 g/mol. The number of aryl methyl sites for hydroxylation is 1. The van der Waals surface area contributed by atoms with Crippen LogP contribution in [0.25, 0.3) is 0 Å². The summed E-state index contributed by atoms with van der Waals surface area (Å²) in [5, 5.41) is 15.6. The minimum Gasteiger partial charge on any atom is -0.316 e. The standard InChI is InChI=1S/C12H23N5/c1-11(2)10(12(11,3)4)8(13-5)7-9-14-16-17(6)15-9/h8,10,13H,7H2,1-6H3. The van der Waals surface area contributed by atoms with Crippen molar-refractivity contribution in [2.45, 2.75) is 40.2 Å². The van der Waals surface area contributed by atoms with E-state index in [0.717, 1.165) is 12.2 Å². The fraction of sp³-hybridized carbons (Fsp3) is 0.917. The molecule has 17 heavy (non-hydrogen) atoms.